The minimum absolute atomic E-state index is 0.0170. The molecule has 0 aliphatic carbocycles. The van der Waals surface area contributed by atoms with Gasteiger partial charge in [-0.25, -0.2) is 9.97 Å². The van der Waals surface area contributed by atoms with E-state index in [1.165, 1.54) is 22.6 Å². The van der Waals surface area contributed by atoms with E-state index >= 15 is 0 Å². The zero-order valence-electron chi connectivity index (χ0n) is 17.8. The van der Waals surface area contributed by atoms with Crippen LogP contribution in [0.25, 0.3) is 0 Å². The number of rotatable bonds is 3. The summed E-state index contributed by atoms with van der Waals surface area (Å²) in [5.41, 5.74) is 3.63. The molecule has 8 nitrogen and oxygen atoms in total. The Morgan fingerprint density at radius 3 is 2.55 bits per heavy atom. The highest BCUT2D eigenvalue weighted by Crippen LogP contribution is 2.39. The molecule has 0 unspecified atom stereocenters. The van der Waals surface area contributed by atoms with Gasteiger partial charge in [0.05, 0.1) is 19.8 Å². The third-order valence-corrected chi connectivity index (χ3v) is 6.97. The van der Waals surface area contributed by atoms with Crippen LogP contribution in [0.2, 0.25) is 0 Å². The zero-order chi connectivity index (χ0) is 20.7. The second-order valence-electron chi connectivity index (χ2n) is 8.83. The number of fused-ring (bicyclic) bond motifs is 4. The van der Waals surface area contributed by atoms with Gasteiger partial charge in [0.15, 0.2) is 0 Å². The first kappa shape index (κ1) is 19.0. The first-order valence-corrected chi connectivity index (χ1v) is 11.4. The van der Waals surface area contributed by atoms with Gasteiger partial charge in [-0.15, -0.1) is 0 Å². The molecule has 1 aromatic carbocycles. The number of nitrogens with zero attached hydrogens (tertiary/aromatic N) is 6. The van der Waals surface area contributed by atoms with Crippen LogP contribution >= 0.6 is 0 Å². The van der Waals surface area contributed by atoms with Crippen molar-refractivity contribution in [2.24, 2.45) is 4.99 Å². The molecule has 162 valence electrons. The smallest absolute Gasteiger partial charge is 0.225 e. The molecule has 2 fully saturated rings. The summed E-state index contributed by atoms with van der Waals surface area (Å²) in [6, 6.07) is 8.59. The van der Waals surface area contributed by atoms with E-state index in [0.29, 0.717) is 0 Å². The Balaban J connectivity index is 1.12. The number of morpholine rings is 1. The van der Waals surface area contributed by atoms with Crippen molar-refractivity contribution in [2.45, 2.75) is 25.0 Å². The number of hydrogen-bond donors (Lipinski definition) is 1. The molecular formula is C23H29N7O. The van der Waals surface area contributed by atoms with E-state index in [9.17, 15) is 0 Å². The number of aromatic nitrogens is 2. The molecule has 2 saturated heterocycles. The van der Waals surface area contributed by atoms with Crippen molar-refractivity contribution in [1.29, 1.82) is 0 Å². The highest BCUT2D eigenvalue weighted by Gasteiger charge is 2.46. The number of ether oxygens (including phenoxy) is 1. The number of benzene rings is 1. The largest absolute Gasteiger partial charge is 0.378 e. The molecule has 1 N–H and O–H groups in total. The van der Waals surface area contributed by atoms with Gasteiger partial charge in [0.1, 0.15) is 11.5 Å². The number of hydrogen-bond acceptors (Lipinski definition) is 8. The predicted octanol–water partition coefficient (Wildman–Crippen LogP) is 1.79. The summed E-state index contributed by atoms with van der Waals surface area (Å²) in [6.07, 6.45) is 6.13. The molecule has 0 saturated carbocycles. The molecule has 4 aliphatic heterocycles. The molecule has 1 spiro atoms. The Morgan fingerprint density at radius 1 is 0.968 bits per heavy atom. The highest BCUT2D eigenvalue weighted by molar-refractivity contribution is 6.06. The predicted molar refractivity (Wildman–Crippen MR) is 120 cm³/mol. The Hall–Kier alpha value is -2.71. The molecule has 6 rings (SSSR count). The maximum Gasteiger partial charge on any atom is 0.225 e. The standard InChI is InChI=1S/C23H29N7O/c1-2-4-20-19(3-1)21-24-7-10-30(21)23(27-20)5-8-28(9-6-23)17-18-15-25-22(26-16-18)29-11-13-31-14-12-29/h1-4,15-16,27H,5-14,17H2. The molecule has 0 amide bonds. The lowest BCUT2D eigenvalue weighted by Gasteiger charge is -2.52. The maximum atomic E-state index is 5.42. The van der Waals surface area contributed by atoms with Gasteiger partial charge in [0, 0.05) is 81.3 Å². The summed E-state index contributed by atoms with van der Waals surface area (Å²) in [6.45, 7) is 8.13. The van der Waals surface area contributed by atoms with Crippen molar-refractivity contribution in [2.75, 3.05) is 62.7 Å². The molecule has 0 radical (unpaired) electrons. The Kier molecular flexibility index (Phi) is 4.76. The van der Waals surface area contributed by atoms with Crippen molar-refractivity contribution in [1.82, 2.24) is 19.8 Å². The highest BCUT2D eigenvalue weighted by atomic mass is 16.5. The lowest BCUT2D eigenvalue weighted by molar-refractivity contribution is 0.0894. The molecule has 2 aromatic rings. The number of nitrogens with one attached hydrogen (secondary N) is 1. The third kappa shape index (κ3) is 3.43. The minimum Gasteiger partial charge on any atom is -0.378 e. The van der Waals surface area contributed by atoms with E-state index in [4.69, 9.17) is 9.73 Å². The maximum absolute atomic E-state index is 5.42. The number of piperidine rings is 1. The number of likely N-dealkylation sites (tertiary alicyclic amines) is 1. The van der Waals surface area contributed by atoms with E-state index in [2.05, 4.69) is 54.2 Å². The van der Waals surface area contributed by atoms with Gasteiger partial charge in [-0.2, -0.15) is 0 Å². The number of anilines is 2. The lowest BCUT2D eigenvalue weighted by atomic mass is 9.90. The summed E-state index contributed by atoms with van der Waals surface area (Å²) < 4.78 is 5.42. The average molecular weight is 420 g/mol. The van der Waals surface area contributed by atoms with E-state index in [1.54, 1.807) is 0 Å². The van der Waals surface area contributed by atoms with Gasteiger partial charge in [-0.1, -0.05) is 12.1 Å². The molecular weight excluding hydrogens is 390 g/mol. The van der Waals surface area contributed by atoms with Crippen molar-refractivity contribution in [3.8, 4) is 0 Å². The Morgan fingerprint density at radius 2 is 1.74 bits per heavy atom. The van der Waals surface area contributed by atoms with E-state index in [-0.39, 0.29) is 5.66 Å². The minimum atomic E-state index is -0.0170. The quantitative estimate of drug-likeness (QED) is 0.814. The lowest BCUT2D eigenvalue weighted by Crippen LogP contribution is -2.63. The molecule has 5 heterocycles. The van der Waals surface area contributed by atoms with Crippen LogP contribution in [0.15, 0.2) is 41.7 Å². The summed E-state index contributed by atoms with van der Waals surface area (Å²) in [7, 11) is 0. The summed E-state index contributed by atoms with van der Waals surface area (Å²) in [4.78, 5) is 21.3. The summed E-state index contributed by atoms with van der Waals surface area (Å²) in [5.74, 6) is 1.99. The number of aliphatic imine (C=N–C) groups is 1. The van der Waals surface area contributed by atoms with E-state index in [1.807, 2.05) is 12.4 Å². The number of para-hydroxylation sites is 1. The topological polar surface area (TPSA) is 69.1 Å². The molecule has 31 heavy (non-hydrogen) atoms. The van der Waals surface area contributed by atoms with Gasteiger partial charge < -0.3 is 19.9 Å². The molecule has 8 heteroatoms. The van der Waals surface area contributed by atoms with Gasteiger partial charge in [-0.05, 0) is 12.1 Å². The molecule has 4 aliphatic rings. The fraction of sp³-hybridized carbons (Fsp3) is 0.522. The monoisotopic (exact) mass is 419 g/mol. The van der Waals surface area contributed by atoms with Gasteiger partial charge in [-0.3, -0.25) is 9.89 Å². The van der Waals surface area contributed by atoms with Crippen LogP contribution in [0.3, 0.4) is 0 Å². The van der Waals surface area contributed by atoms with Crippen molar-refractivity contribution in [3.05, 3.63) is 47.8 Å². The Labute approximate surface area is 182 Å². The normalized spacial score (nSPS) is 22.6. The van der Waals surface area contributed by atoms with Crippen LogP contribution in [0.5, 0.6) is 0 Å². The van der Waals surface area contributed by atoms with E-state index in [0.717, 1.165) is 77.8 Å². The van der Waals surface area contributed by atoms with E-state index < -0.39 is 0 Å². The van der Waals surface area contributed by atoms with Crippen molar-refractivity contribution in [3.63, 3.8) is 0 Å². The van der Waals surface area contributed by atoms with Gasteiger partial charge >= 0.3 is 0 Å². The molecule has 1 aromatic heterocycles. The van der Waals surface area contributed by atoms with Gasteiger partial charge in [0.2, 0.25) is 5.95 Å². The van der Waals surface area contributed by atoms with Crippen LogP contribution in [0, 0.1) is 0 Å². The van der Waals surface area contributed by atoms with Crippen LogP contribution < -0.4 is 10.2 Å². The fourth-order valence-corrected chi connectivity index (χ4v) is 5.29. The zero-order valence-corrected chi connectivity index (χ0v) is 17.8. The Bertz CT molecular complexity index is 962. The second-order valence-corrected chi connectivity index (χ2v) is 8.83. The third-order valence-electron chi connectivity index (χ3n) is 6.97. The van der Waals surface area contributed by atoms with Crippen LogP contribution in [-0.2, 0) is 11.3 Å². The molecule has 0 atom stereocenters. The fourth-order valence-electron chi connectivity index (χ4n) is 5.29. The van der Waals surface area contributed by atoms with Crippen LogP contribution in [0.4, 0.5) is 11.6 Å². The van der Waals surface area contributed by atoms with Crippen LogP contribution in [0.1, 0.15) is 24.0 Å². The van der Waals surface area contributed by atoms with Crippen molar-refractivity contribution >= 4 is 17.5 Å². The average Bonchev–Trinajstić information content (AvgIpc) is 3.33. The SMILES string of the molecule is c1ccc2c(c1)NC1(CCN(Cc3cnc(N4CCOCC4)nc3)CC1)N1CCN=C21. The van der Waals surface area contributed by atoms with Crippen LogP contribution in [-0.4, -0.2) is 83.7 Å². The first-order valence-electron chi connectivity index (χ1n) is 11.4. The molecule has 0 bridgehead atoms. The summed E-state index contributed by atoms with van der Waals surface area (Å²) >= 11 is 0. The van der Waals surface area contributed by atoms with Crippen molar-refractivity contribution < 1.29 is 4.74 Å². The van der Waals surface area contributed by atoms with Gasteiger partial charge in [0.25, 0.3) is 0 Å². The summed E-state index contributed by atoms with van der Waals surface area (Å²) in [5, 5.41) is 3.89. The number of amidine groups is 1. The second kappa shape index (κ2) is 7.76. The first-order chi connectivity index (χ1) is 15.3.